The molecule has 1 atom stereocenters. The summed E-state index contributed by atoms with van der Waals surface area (Å²) >= 11 is 0. The molecule has 0 spiro atoms. The lowest BCUT2D eigenvalue weighted by atomic mass is 10.0. The van der Waals surface area contributed by atoms with E-state index in [0.717, 1.165) is 10.9 Å². The molecule has 0 aromatic heterocycles. The van der Waals surface area contributed by atoms with Gasteiger partial charge in [0.1, 0.15) is 0 Å². The van der Waals surface area contributed by atoms with E-state index in [4.69, 9.17) is 0 Å². The average molecular weight is 185 g/mol. The van der Waals surface area contributed by atoms with Crippen molar-refractivity contribution in [2.24, 2.45) is 0 Å². The molecule has 0 aliphatic carbocycles. The Labute approximate surface area is 84.0 Å². The van der Waals surface area contributed by atoms with Crippen LogP contribution in [-0.4, -0.2) is 5.11 Å². The van der Waals surface area contributed by atoms with Gasteiger partial charge in [0.25, 0.3) is 0 Å². The maximum absolute atomic E-state index is 9.63. The standard InChI is InChI=1S/C13H13O/c1-2-13(14)12-8-7-10-5-3-4-6-11(10)9-12/h3-9,13-14H,1-2H2. The number of fused-ring (bicyclic) bond motifs is 1. The van der Waals surface area contributed by atoms with E-state index in [1.54, 1.807) is 0 Å². The molecule has 0 bridgehead atoms. The van der Waals surface area contributed by atoms with Gasteiger partial charge in [-0.05, 0) is 28.8 Å². The Bertz CT molecular complexity index is 434. The Balaban J connectivity index is 2.51. The van der Waals surface area contributed by atoms with Crippen LogP contribution in [0.5, 0.6) is 0 Å². The first kappa shape index (κ1) is 9.22. The zero-order valence-corrected chi connectivity index (χ0v) is 7.98. The van der Waals surface area contributed by atoms with Crippen molar-refractivity contribution in [2.75, 3.05) is 0 Å². The molecule has 2 rings (SSSR count). The van der Waals surface area contributed by atoms with Crippen LogP contribution in [-0.2, 0) is 0 Å². The second-order valence-corrected chi connectivity index (χ2v) is 3.41. The molecule has 14 heavy (non-hydrogen) atoms. The summed E-state index contributed by atoms with van der Waals surface area (Å²) in [6.07, 6.45) is 0.0674. The first-order valence-electron chi connectivity index (χ1n) is 4.77. The van der Waals surface area contributed by atoms with Gasteiger partial charge in [-0.3, -0.25) is 0 Å². The van der Waals surface area contributed by atoms with E-state index >= 15 is 0 Å². The second kappa shape index (κ2) is 3.81. The predicted molar refractivity (Wildman–Crippen MR) is 58.9 cm³/mol. The van der Waals surface area contributed by atoms with Gasteiger partial charge >= 0.3 is 0 Å². The fourth-order valence-corrected chi connectivity index (χ4v) is 1.58. The number of aliphatic hydroxyl groups excluding tert-OH is 1. The van der Waals surface area contributed by atoms with Crippen molar-refractivity contribution in [3.8, 4) is 0 Å². The minimum absolute atomic E-state index is 0.445. The molecule has 0 aliphatic rings. The average Bonchev–Trinajstić information content (AvgIpc) is 2.27. The molecular formula is C13H13O. The highest BCUT2D eigenvalue weighted by Crippen LogP contribution is 2.21. The highest BCUT2D eigenvalue weighted by atomic mass is 16.3. The summed E-state index contributed by atoms with van der Waals surface area (Å²) in [5.41, 5.74) is 0.943. The summed E-state index contributed by atoms with van der Waals surface area (Å²) < 4.78 is 0. The molecular weight excluding hydrogens is 172 g/mol. The smallest absolute Gasteiger partial charge is 0.0790 e. The third kappa shape index (κ3) is 1.64. The van der Waals surface area contributed by atoms with Gasteiger partial charge in [0.2, 0.25) is 0 Å². The summed E-state index contributed by atoms with van der Waals surface area (Å²) in [6, 6.07) is 14.1. The highest BCUT2D eigenvalue weighted by Gasteiger charge is 2.04. The lowest BCUT2D eigenvalue weighted by Crippen LogP contribution is -1.94. The van der Waals surface area contributed by atoms with Crippen LogP contribution in [0.15, 0.2) is 42.5 Å². The molecule has 71 valence electrons. The highest BCUT2D eigenvalue weighted by molar-refractivity contribution is 5.83. The monoisotopic (exact) mass is 185 g/mol. The summed E-state index contributed by atoms with van der Waals surface area (Å²) in [4.78, 5) is 0. The van der Waals surface area contributed by atoms with Crippen LogP contribution in [0.4, 0.5) is 0 Å². The van der Waals surface area contributed by atoms with Gasteiger partial charge < -0.3 is 5.11 Å². The van der Waals surface area contributed by atoms with Crippen molar-refractivity contribution in [1.82, 2.24) is 0 Å². The summed E-state index contributed by atoms with van der Waals surface area (Å²) in [6.45, 7) is 3.69. The van der Waals surface area contributed by atoms with Crippen LogP contribution in [0.1, 0.15) is 18.1 Å². The Morgan fingerprint density at radius 2 is 1.79 bits per heavy atom. The van der Waals surface area contributed by atoms with Crippen LogP contribution >= 0.6 is 0 Å². The van der Waals surface area contributed by atoms with E-state index < -0.39 is 6.10 Å². The molecule has 0 amide bonds. The summed E-state index contributed by atoms with van der Waals surface area (Å²) in [7, 11) is 0. The third-order valence-electron chi connectivity index (χ3n) is 2.43. The van der Waals surface area contributed by atoms with E-state index in [9.17, 15) is 5.11 Å². The molecule has 1 radical (unpaired) electrons. The molecule has 2 aromatic carbocycles. The van der Waals surface area contributed by atoms with Gasteiger partial charge in [-0.2, -0.15) is 0 Å². The van der Waals surface area contributed by atoms with Gasteiger partial charge in [0, 0.05) is 0 Å². The largest absolute Gasteiger partial charge is 0.388 e. The van der Waals surface area contributed by atoms with Crippen molar-refractivity contribution in [1.29, 1.82) is 0 Å². The molecule has 1 N–H and O–H groups in total. The SMILES string of the molecule is [CH2]CC(O)c1ccc2ccccc2c1. The first-order valence-corrected chi connectivity index (χ1v) is 4.77. The van der Waals surface area contributed by atoms with Gasteiger partial charge in [-0.25, -0.2) is 0 Å². The molecule has 0 saturated carbocycles. The maximum atomic E-state index is 9.63. The van der Waals surface area contributed by atoms with Crippen LogP contribution in [0, 0.1) is 6.92 Å². The molecule has 1 heteroatoms. The molecule has 1 unspecified atom stereocenters. The Kier molecular flexibility index (Phi) is 2.51. The van der Waals surface area contributed by atoms with E-state index in [1.165, 1.54) is 5.39 Å². The van der Waals surface area contributed by atoms with Crippen LogP contribution in [0.3, 0.4) is 0 Å². The van der Waals surface area contributed by atoms with Crippen molar-refractivity contribution < 1.29 is 5.11 Å². The molecule has 0 saturated heterocycles. The van der Waals surface area contributed by atoms with Crippen molar-refractivity contribution in [3.05, 3.63) is 55.0 Å². The summed E-state index contributed by atoms with van der Waals surface area (Å²) in [5.74, 6) is 0. The van der Waals surface area contributed by atoms with Gasteiger partial charge in [0.05, 0.1) is 6.10 Å². The normalized spacial score (nSPS) is 13.0. The number of rotatable bonds is 2. The molecule has 0 fully saturated rings. The number of benzene rings is 2. The van der Waals surface area contributed by atoms with Gasteiger partial charge in [0.15, 0.2) is 0 Å². The third-order valence-corrected chi connectivity index (χ3v) is 2.43. The van der Waals surface area contributed by atoms with E-state index in [0.29, 0.717) is 6.42 Å². The van der Waals surface area contributed by atoms with Crippen molar-refractivity contribution in [2.45, 2.75) is 12.5 Å². The van der Waals surface area contributed by atoms with Crippen molar-refractivity contribution in [3.63, 3.8) is 0 Å². The van der Waals surface area contributed by atoms with E-state index in [1.807, 2.05) is 30.3 Å². The van der Waals surface area contributed by atoms with E-state index in [-0.39, 0.29) is 0 Å². The molecule has 0 heterocycles. The number of aliphatic hydroxyl groups is 1. The van der Waals surface area contributed by atoms with Crippen LogP contribution < -0.4 is 0 Å². The minimum atomic E-state index is -0.445. The molecule has 1 nitrogen and oxygen atoms in total. The van der Waals surface area contributed by atoms with Crippen molar-refractivity contribution >= 4 is 10.8 Å². The van der Waals surface area contributed by atoms with Gasteiger partial charge in [-0.1, -0.05) is 43.3 Å². The Morgan fingerprint density at radius 1 is 1.07 bits per heavy atom. The number of hydrogen-bond donors (Lipinski definition) is 1. The zero-order chi connectivity index (χ0) is 9.97. The number of hydrogen-bond acceptors (Lipinski definition) is 1. The molecule has 0 aliphatic heterocycles. The molecule has 2 aromatic rings. The first-order chi connectivity index (χ1) is 6.81. The van der Waals surface area contributed by atoms with Crippen LogP contribution in [0.2, 0.25) is 0 Å². The topological polar surface area (TPSA) is 20.2 Å². The fourth-order valence-electron chi connectivity index (χ4n) is 1.58. The zero-order valence-electron chi connectivity index (χ0n) is 7.98. The van der Waals surface area contributed by atoms with Crippen LogP contribution in [0.25, 0.3) is 10.8 Å². The summed E-state index contributed by atoms with van der Waals surface area (Å²) in [5, 5.41) is 12.0. The maximum Gasteiger partial charge on any atom is 0.0790 e. The quantitative estimate of drug-likeness (QED) is 0.762. The van der Waals surface area contributed by atoms with E-state index in [2.05, 4.69) is 19.1 Å². The Hall–Kier alpha value is -1.34. The predicted octanol–water partition coefficient (Wildman–Crippen LogP) is 3.10. The fraction of sp³-hybridized carbons (Fsp3) is 0.154. The lowest BCUT2D eigenvalue weighted by Gasteiger charge is -2.08. The van der Waals surface area contributed by atoms with Gasteiger partial charge in [-0.15, -0.1) is 0 Å². The lowest BCUT2D eigenvalue weighted by molar-refractivity contribution is 0.181. The minimum Gasteiger partial charge on any atom is -0.388 e. The Morgan fingerprint density at radius 3 is 2.50 bits per heavy atom. The second-order valence-electron chi connectivity index (χ2n) is 3.41.